The topological polar surface area (TPSA) is 30.9 Å². The highest BCUT2D eigenvalue weighted by molar-refractivity contribution is 5.17. The normalized spacial score (nSPS) is 33.4. The first kappa shape index (κ1) is 23.3. The van der Waals surface area contributed by atoms with E-state index in [4.69, 9.17) is 14.3 Å². The molecule has 0 bridgehead atoms. The van der Waals surface area contributed by atoms with Crippen LogP contribution in [0.4, 0.5) is 0 Å². The molecule has 1 fully saturated rings. The van der Waals surface area contributed by atoms with Crippen molar-refractivity contribution in [2.75, 3.05) is 19.8 Å². The minimum absolute atomic E-state index is 0.00206. The van der Waals surface area contributed by atoms with Gasteiger partial charge in [0, 0.05) is 5.41 Å². The van der Waals surface area contributed by atoms with Crippen LogP contribution in [0, 0.1) is 5.41 Å². The number of nitrogens with zero attached hydrogens (tertiary/aromatic N) is 1. The first-order valence-corrected chi connectivity index (χ1v) is 10.8. The second kappa shape index (κ2) is 9.25. The molecule has 4 unspecified atom stereocenters. The van der Waals surface area contributed by atoms with Gasteiger partial charge in [-0.3, -0.25) is 4.84 Å². The fourth-order valence-corrected chi connectivity index (χ4v) is 3.83. The fourth-order valence-electron chi connectivity index (χ4n) is 3.83. The molecule has 4 nitrogen and oxygen atoms in total. The van der Waals surface area contributed by atoms with E-state index in [2.05, 4.69) is 84.7 Å². The second-order valence-electron chi connectivity index (χ2n) is 9.62. The SMILES string of the molecule is CCC1(C)COCC(C)(C)COC(C)C(C)(CC)N1OC(C)c1ccccc1. The predicted molar refractivity (Wildman–Crippen MR) is 115 cm³/mol. The summed E-state index contributed by atoms with van der Waals surface area (Å²) in [7, 11) is 0. The maximum atomic E-state index is 6.72. The molecule has 4 heteroatoms. The van der Waals surface area contributed by atoms with Gasteiger partial charge in [-0.25, -0.2) is 0 Å². The molecule has 1 aliphatic rings. The first-order valence-electron chi connectivity index (χ1n) is 10.8. The molecule has 0 amide bonds. The molecule has 28 heavy (non-hydrogen) atoms. The van der Waals surface area contributed by atoms with E-state index in [1.54, 1.807) is 0 Å². The monoisotopic (exact) mass is 391 g/mol. The third-order valence-corrected chi connectivity index (χ3v) is 6.47. The lowest BCUT2D eigenvalue weighted by Gasteiger charge is -2.53. The zero-order valence-electron chi connectivity index (χ0n) is 19.2. The molecule has 1 heterocycles. The summed E-state index contributed by atoms with van der Waals surface area (Å²) in [4.78, 5) is 6.72. The molecule has 0 N–H and O–H groups in total. The lowest BCUT2D eigenvalue weighted by molar-refractivity contribution is -0.328. The van der Waals surface area contributed by atoms with E-state index in [1.165, 1.54) is 5.56 Å². The minimum atomic E-state index is -0.273. The van der Waals surface area contributed by atoms with E-state index in [-0.39, 0.29) is 28.7 Å². The van der Waals surface area contributed by atoms with Gasteiger partial charge >= 0.3 is 0 Å². The van der Waals surface area contributed by atoms with Gasteiger partial charge in [-0.2, -0.15) is 5.06 Å². The van der Waals surface area contributed by atoms with Gasteiger partial charge < -0.3 is 9.47 Å². The Morgan fingerprint density at radius 1 is 1.04 bits per heavy atom. The maximum absolute atomic E-state index is 6.72. The van der Waals surface area contributed by atoms with Crippen LogP contribution in [-0.2, 0) is 14.3 Å². The summed E-state index contributed by atoms with van der Waals surface area (Å²) in [6.07, 6.45) is 1.83. The van der Waals surface area contributed by atoms with Crippen molar-refractivity contribution in [2.45, 2.75) is 91.5 Å². The van der Waals surface area contributed by atoms with E-state index in [9.17, 15) is 0 Å². The molecular formula is C24H41NO3. The molecule has 1 aromatic carbocycles. The summed E-state index contributed by atoms with van der Waals surface area (Å²) in [6, 6.07) is 10.4. The maximum Gasteiger partial charge on any atom is 0.102 e. The predicted octanol–water partition coefficient (Wildman–Crippen LogP) is 5.78. The van der Waals surface area contributed by atoms with Crippen molar-refractivity contribution in [1.82, 2.24) is 5.06 Å². The van der Waals surface area contributed by atoms with Crippen molar-refractivity contribution in [3.05, 3.63) is 35.9 Å². The zero-order chi connectivity index (χ0) is 21.0. The molecule has 0 radical (unpaired) electrons. The molecule has 1 saturated heterocycles. The summed E-state index contributed by atoms with van der Waals surface area (Å²) in [5.41, 5.74) is 0.647. The van der Waals surface area contributed by atoms with E-state index >= 15 is 0 Å². The summed E-state index contributed by atoms with van der Waals surface area (Å²) < 4.78 is 12.6. The molecule has 0 spiro atoms. The molecule has 0 aliphatic carbocycles. The van der Waals surface area contributed by atoms with Gasteiger partial charge in [-0.1, -0.05) is 58.0 Å². The van der Waals surface area contributed by atoms with Crippen molar-refractivity contribution in [3.63, 3.8) is 0 Å². The Bertz CT molecular complexity index is 605. The van der Waals surface area contributed by atoms with Crippen LogP contribution in [-0.4, -0.2) is 42.1 Å². The number of ether oxygens (including phenoxy) is 2. The van der Waals surface area contributed by atoms with Crippen molar-refractivity contribution in [1.29, 1.82) is 0 Å². The minimum Gasteiger partial charge on any atom is -0.379 e. The number of hydrogen-bond acceptors (Lipinski definition) is 4. The van der Waals surface area contributed by atoms with E-state index in [0.717, 1.165) is 12.8 Å². The largest absolute Gasteiger partial charge is 0.379 e. The molecule has 0 aromatic heterocycles. The van der Waals surface area contributed by atoms with Crippen LogP contribution in [0.25, 0.3) is 0 Å². The standard InChI is InChI=1S/C24H41NO3/c1-9-23(7)18-26-16-22(5,6)17-27-20(4)24(8,10-2)25(23)28-19(3)21-14-12-11-13-15-21/h11-15,19-20H,9-10,16-18H2,1-8H3. The number of rotatable bonds is 5. The Hall–Kier alpha value is -0.940. The molecule has 0 saturated carbocycles. The highest BCUT2D eigenvalue weighted by Gasteiger charge is 2.48. The highest BCUT2D eigenvalue weighted by atomic mass is 16.7. The molecule has 4 atom stereocenters. The van der Waals surface area contributed by atoms with E-state index in [0.29, 0.717) is 19.8 Å². The van der Waals surface area contributed by atoms with Crippen LogP contribution in [0.3, 0.4) is 0 Å². The van der Waals surface area contributed by atoms with Gasteiger partial charge in [-0.15, -0.1) is 0 Å². The van der Waals surface area contributed by atoms with Gasteiger partial charge in [0.25, 0.3) is 0 Å². The summed E-state index contributed by atoms with van der Waals surface area (Å²) in [5, 5.41) is 2.21. The molecule has 2 rings (SSSR count). The smallest absolute Gasteiger partial charge is 0.102 e. The Morgan fingerprint density at radius 3 is 2.25 bits per heavy atom. The van der Waals surface area contributed by atoms with Crippen molar-refractivity contribution in [2.24, 2.45) is 5.41 Å². The quantitative estimate of drug-likeness (QED) is 0.636. The van der Waals surface area contributed by atoms with Crippen LogP contribution in [0.2, 0.25) is 0 Å². The van der Waals surface area contributed by atoms with Gasteiger partial charge in [0.2, 0.25) is 0 Å². The molecular weight excluding hydrogens is 350 g/mol. The average Bonchev–Trinajstić information content (AvgIpc) is 2.69. The summed E-state index contributed by atoms with van der Waals surface area (Å²) in [5.74, 6) is 0. The van der Waals surface area contributed by atoms with Crippen LogP contribution >= 0.6 is 0 Å². The first-order chi connectivity index (χ1) is 13.1. The average molecular weight is 392 g/mol. The number of benzene rings is 1. The van der Waals surface area contributed by atoms with E-state index in [1.807, 2.05) is 6.07 Å². The summed E-state index contributed by atoms with van der Waals surface area (Å²) >= 11 is 0. The van der Waals surface area contributed by atoms with Gasteiger partial charge in [0.05, 0.1) is 37.0 Å². The third kappa shape index (κ3) is 5.15. The third-order valence-electron chi connectivity index (χ3n) is 6.47. The molecule has 1 aromatic rings. The Labute approximate surface area is 172 Å². The Balaban J connectivity index is 2.41. The van der Waals surface area contributed by atoms with Crippen LogP contribution < -0.4 is 0 Å². The summed E-state index contributed by atoms with van der Waals surface area (Å²) in [6.45, 7) is 19.7. The van der Waals surface area contributed by atoms with Crippen molar-refractivity contribution < 1.29 is 14.3 Å². The Morgan fingerprint density at radius 2 is 1.68 bits per heavy atom. The fraction of sp³-hybridized carbons (Fsp3) is 0.750. The lowest BCUT2D eigenvalue weighted by Crippen LogP contribution is -2.65. The van der Waals surface area contributed by atoms with Crippen LogP contribution in [0.1, 0.15) is 79.9 Å². The van der Waals surface area contributed by atoms with Crippen LogP contribution in [0.5, 0.6) is 0 Å². The van der Waals surface area contributed by atoms with Crippen molar-refractivity contribution in [3.8, 4) is 0 Å². The number of hydrogen-bond donors (Lipinski definition) is 0. The Kier molecular flexibility index (Phi) is 7.71. The molecule has 1 aliphatic heterocycles. The highest BCUT2D eigenvalue weighted by Crippen LogP contribution is 2.39. The van der Waals surface area contributed by atoms with Gasteiger partial charge in [-0.05, 0) is 46.1 Å². The van der Waals surface area contributed by atoms with Gasteiger partial charge in [0.1, 0.15) is 6.10 Å². The number of hydroxylamine groups is 2. The van der Waals surface area contributed by atoms with Gasteiger partial charge in [0.15, 0.2) is 0 Å². The van der Waals surface area contributed by atoms with Crippen LogP contribution in [0.15, 0.2) is 30.3 Å². The second-order valence-corrected chi connectivity index (χ2v) is 9.62. The molecule has 160 valence electrons. The lowest BCUT2D eigenvalue weighted by atomic mass is 9.85. The zero-order valence-corrected chi connectivity index (χ0v) is 19.2. The van der Waals surface area contributed by atoms with Crippen molar-refractivity contribution >= 4 is 0 Å². The van der Waals surface area contributed by atoms with E-state index < -0.39 is 0 Å².